The van der Waals surface area contributed by atoms with E-state index < -0.39 is 10.0 Å². The molecule has 0 N–H and O–H groups in total. The van der Waals surface area contributed by atoms with Crippen molar-refractivity contribution < 1.29 is 13.2 Å². The monoisotopic (exact) mass is 357 g/mol. The Kier molecular flexibility index (Phi) is 5.85. The zero-order chi connectivity index (χ0) is 17.0. The maximum absolute atomic E-state index is 12.5. The molecule has 2 saturated heterocycles. The van der Waals surface area contributed by atoms with E-state index in [0.29, 0.717) is 25.4 Å². The van der Waals surface area contributed by atoms with Crippen LogP contribution in [-0.2, 0) is 27.8 Å². The summed E-state index contributed by atoms with van der Waals surface area (Å²) in [4.78, 5) is 2.34. The number of nitrogens with zero attached hydrogens (tertiary/aromatic N) is 5. The van der Waals surface area contributed by atoms with Crippen LogP contribution in [0.1, 0.15) is 31.4 Å². The molecule has 9 heteroatoms. The first-order chi connectivity index (χ1) is 11.6. The van der Waals surface area contributed by atoms with Crippen molar-refractivity contribution in [1.29, 1.82) is 0 Å². The molecule has 0 bridgehead atoms. The Hall–Kier alpha value is -1.03. The van der Waals surface area contributed by atoms with E-state index in [1.807, 2.05) is 6.20 Å². The van der Waals surface area contributed by atoms with Crippen LogP contribution in [0.5, 0.6) is 0 Å². The third kappa shape index (κ3) is 4.33. The Labute approximate surface area is 143 Å². The van der Waals surface area contributed by atoms with Gasteiger partial charge in [-0.1, -0.05) is 11.6 Å². The van der Waals surface area contributed by atoms with Gasteiger partial charge in [0, 0.05) is 39.0 Å². The Morgan fingerprint density at radius 3 is 2.83 bits per heavy atom. The predicted octanol–water partition coefficient (Wildman–Crippen LogP) is 0.315. The summed E-state index contributed by atoms with van der Waals surface area (Å²) in [5, 5.41) is 8.18. The molecule has 1 aromatic rings. The van der Waals surface area contributed by atoms with E-state index in [9.17, 15) is 8.42 Å². The van der Waals surface area contributed by atoms with Crippen molar-refractivity contribution in [3.05, 3.63) is 11.9 Å². The first-order valence-electron chi connectivity index (χ1n) is 8.68. The topological polar surface area (TPSA) is 80.6 Å². The second-order valence-electron chi connectivity index (χ2n) is 6.64. The van der Waals surface area contributed by atoms with Crippen LogP contribution in [0.15, 0.2) is 6.20 Å². The van der Waals surface area contributed by atoms with Gasteiger partial charge < -0.3 is 4.74 Å². The lowest BCUT2D eigenvalue weighted by atomic mass is 10.1. The van der Waals surface area contributed by atoms with Crippen LogP contribution < -0.4 is 0 Å². The maximum atomic E-state index is 12.5. The standard InChI is InChI=1S/C15H27N5O3S/c1-23-9-5-8-19-10-14(16-17-19)11-20-12-15(13-24(20,21)22)18-6-3-2-4-7-18/h10,15H,2-9,11-13H2,1H3. The molecule has 0 amide bonds. The SMILES string of the molecule is COCCCn1cc(CN2CC(N3CCCCC3)CS2(=O)=O)nn1. The summed E-state index contributed by atoms with van der Waals surface area (Å²) in [6.45, 7) is 4.32. The third-order valence-corrected chi connectivity index (χ3v) is 6.65. The molecular weight excluding hydrogens is 330 g/mol. The quantitative estimate of drug-likeness (QED) is 0.654. The molecule has 0 radical (unpaired) electrons. The fourth-order valence-corrected chi connectivity index (χ4v) is 5.23. The minimum absolute atomic E-state index is 0.118. The summed E-state index contributed by atoms with van der Waals surface area (Å²) >= 11 is 0. The van der Waals surface area contributed by atoms with Gasteiger partial charge in [-0.05, 0) is 32.4 Å². The van der Waals surface area contributed by atoms with Crippen LogP contribution in [0.4, 0.5) is 0 Å². The number of aromatic nitrogens is 3. The lowest BCUT2D eigenvalue weighted by Crippen LogP contribution is -2.42. The van der Waals surface area contributed by atoms with Crippen molar-refractivity contribution in [2.24, 2.45) is 0 Å². The zero-order valence-electron chi connectivity index (χ0n) is 14.3. The van der Waals surface area contributed by atoms with Crippen LogP contribution in [0.3, 0.4) is 0 Å². The van der Waals surface area contributed by atoms with Gasteiger partial charge >= 0.3 is 0 Å². The molecule has 24 heavy (non-hydrogen) atoms. The molecule has 8 nitrogen and oxygen atoms in total. The van der Waals surface area contributed by atoms with Gasteiger partial charge in [-0.2, -0.15) is 4.31 Å². The number of likely N-dealkylation sites (tertiary alicyclic amines) is 1. The van der Waals surface area contributed by atoms with Crippen LogP contribution in [0.2, 0.25) is 0 Å². The molecule has 1 aromatic heterocycles. The number of piperidine rings is 1. The van der Waals surface area contributed by atoms with E-state index in [0.717, 1.165) is 26.1 Å². The van der Waals surface area contributed by atoms with Crippen molar-refractivity contribution in [3.63, 3.8) is 0 Å². The van der Waals surface area contributed by atoms with E-state index in [-0.39, 0.29) is 11.8 Å². The van der Waals surface area contributed by atoms with Crippen LogP contribution in [-0.4, -0.2) is 77.8 Å². The molecule has 0 saturated carbocycles. The summed E-state index contributed by atoms with van der Waals surface area (Å²) in [6.07, 6.45) is 6.29. The molecule has 1 unspecified atom stereocenters. The van der Waals surface area contributed by atoms with Gasteiger partial charge in [-0.3, -0.25) is 9.58 Å². The van der Waals surface area contributed by atoms with Gasteiger partial charge in [0.05, 0.1) is 18.0 Å². The van der Waals surface area contributed by atoms with Crippen molar-refractivity contribution in [3.8, 4) is 0 Å². The van der Waals surface area contributed by atoms with Crippen molar-refractivity contribution in [1.82, 2.24) is 24.2 Å². The summed E-state index contributed by atoms with van der Waals surface area (Å²) < 4.78 is 33.3. The number of rotatable bonds is 7. The average molecular weight is 357 g/mol. The molecule has 136 valence electrons. The Bertz CT molecular complexity index is 627. The van der Waals surface area contributed by atoms with Gasteiger partial charge in [-0.25, -0.2) is 8.42 Å². The fourth-order valence-electron chi connectivity index (χ4n) is 3.49. The molecule has 2 aliphatic rings. The molecule has 0 spiro atoms. The van der Waals surface area contributed by atoms with Crippen molar-refractivity contribution in [2.75, 3.05) is 39.1 Å². The number of hydrogen-bond acceptors (Lipinski definition) is 6. The van der Waals surface area contributed by atoms with Gasteiger partial charge in [0.1, 0.15) is 0 Å². The lowest BCUT2D eigenvalue weighted by Gasteiger charge is -2.31. The van der Waals surface area contributed by atoms with E-state index in [2.05, 4.69) is 15.2 Å². The van der Waals surface area contributed by atoms with Gasteiger partial charge in [0.2, 0.25) is 10.0 Å². The highest BCUT2D eigenvalue weighted by atomic mass is 32.2. The number of ether oxygens (including phenoxy) is 1. The van der Waals surface area contributed by atoms with Gasteiger partial charge in [0.15, 0.2) is 0 Å². The average Bonchev–Trinajstić information content (AvgIpc) is 3.13. The Morgan fingerprint density at radius 1 is 1.29 bits per heavy atom. The molecule has 2 fully saturated rings. The number of methoxy groups -OCH3 is 1. The second-order valence-corrected chi connectivity index (χ2v) is 8.65. The van der Waals surface area contributed by atoms with E-state index >= 15 is 0 Å². The number of hydrogen-bond donors (Lipinski definition) is 0. The Balaban J connectivity index is 1.58. The Morgan fingerprint density at radius 2 is 2.08 bits per heavy atom. The highest BCUT2D eigenvalue weighted by Crippen LogP contribution is 2.23. The number of aryl methyl sites for hydroxylation is 1. The van der Waals surface area contributed by atoms with Gasteiger partial charge in [0.25, 0.3) is 0 Å². The van der Waals surface area contributed by atoms with Gasteiger partial charge in [-0.15, -0.1) is 5.10 Å². The second kappa shape index (κ2) is 7.90. The molecule has 1 atom stereocenters. The highest BCUT2D eigenvalue weighted by Gasteiger charge is 2.39. The third-order valence-electron chi connectivity index (χ3n) is 4.78. The molecular formula is C15H27N5O3S. The normalized spacial score (nSPS) is 25.3. The summed E-state index contributed by atoms with van der Waals surface area (Å²) in [5.74, 6) is 0.231. The first kappa shape index (κ1) is 17.8. The molecule has 3 heterocycles. The molecule has 0 aliphatic carbocycles. The van der Waals surface area contributed by atoms with Crippen molar-refractivity contribution in [2.45, 2.75) is 44.8 Å². The van der Waals surface area contributed by atoms with E-state index in [4.69, 9.17) is 4.74 Å². The summed E-state index contributed by atoms with van der Waals surface area (Å²) in [5.41, 5.74) is 0.704. The van der Waals surface area contributed by atoms with Crippen LogP contribution in [0.25, 0.3) is 0 Å². The highest BCUT2D eigenvalue weighted by molar-refractivity contribution is 7.89. The summed E-state index contributed by atoms with van der Waals surface area (Å²) in [6, 6.07) is 0.118. The fraction of sp³-hybridized carbons (Fsp3) is 0.867. The van der Waals surface area contributed by atoms with E-state index in [1.165, 1.54) is 19.3 Å². The first-order valence-corrected chi connectivity index (χ1v) is 10.3. The summed E-state index contributed by atoms with van der Waals surface area (Å²) in [7, 11) is -1.53. The minimum Gasteiger partial charge on any atom is -0.385 e. The smallest absolute Gasteiger partial charge is 0.216 e. The predicted molar refractivity (Wildman–Crippen MR) is 89.9 cm³/mol. The van der Waals surface area contributed by atoms with Crippen LogP contribution in [0, 0.1) is 0 Å². The van der Waals surface area contributed by atoms with E-state index in [1.54, 1.807) is 16.1 Å². The maximum Gasteiger partial charge on any atom is 0.216 e. The lowest BCUT2D eigenvalue weighted by molar-refractivity contribution is 0.167. The molecule has 0 aromatic carbocycles. The molecule has 3 rings (SSSR count). The molecule has 2 aliphatic heterocycles. The number of sulfonamides is 1. The minimum atomic E-state index is -3.20. The van der Waals surface area contributed by atoms with Crippen LogP contribution >= 0.6 is 0 Å². The zero-order valence-corrected chi connectivity index (χ0v) is 15.1. The largest absolute Gasteiger partial charge is 0.385 e. The van der Waals surface area contributed by atoms with Crippen molar-refractivity contribution >= 4 is 10.0 Å².